The van der Waals surface area contributed by atoms with Crippen LogP contribution in [0.1, 0.15) is 45.1 Å². The van der Waals surface area contributed by atoms with Gasteiger partial charge in [-0.25, -0.2) is 8.42 Å². The zero-order valence-corrected chi connectivity index (χ0v) is 15.0. The van der Waals surface area contributed by atoms with Crippen molar-refractivity contribution in [2.75, 3.05) is 13.2 Å². The smallest absolute Gasteiger partial charge is 0.247 e. The van der Waals surface area contributed by atoms with E-state index in [1.165, 1.54) is 6.07 Å². The topological polar surface area (TPSA) is 46.6 Å². The number of aryl methyl sites for hydroxylation is 1. The highest BCUT2D eigenvalue weighted by Gasteiger charge is 2.34. The number of hydrogen-bond donors (Lipinski definition) is 0. The molecule has 0 saturated carbocycles. The predicted octanol–water partition coefficient (Wildman–Crippen LogP) is 4.00. The molecule has 0 bridgehead atoms. The Morgan fingerprint density at radius 2 is 2.05 bits per heavy atom. The van der Waals surface area contributed by atoms with Crippen molar-refractivity contribution in [2.24, 2.45) is 0 Å². The lowest BCUT2D eigenvalue weighted by Crippen LogP contribution is -2.43. The molecule has 0 radical (unpaired) electrons. The van der Waals surface area contributed by atoms with Crippen molar-refractivity contribution in [3.63, 3.8) is 0 Å². The van der Waals surface area contributed by atoms with Crippen LogP contribution in [-0.4, -0.2) is 31.9 Å². The zero-order chi connectivity index (χ0) is 16.3. The van der Waals surface area contributed by atoms with Crippen LogP contribution in [-0.2, 0) is 10.0 Å². The Balaban J connectivity index is 2.50. The van der Waals surface area contributed by atoms with Gasteiger partial charge in [-0.1, -0.05) is 24.9 Å². The van der Waals surface area contributed by atoms with E-state index < -0.39 is 10.0 Å². The van der Waals surface area contributed by atoms with Gasteiger partial charge in [0.25, 0.3) is 0 Å². The molecule has 1 aliphatic rings. The molecule has 0 N–H and O–H groups in total. The molecule has 0 spiro atoms. The Kier molecular flexibility index (Phi) is 5.75. The number of nitrogens with zero attached hydrogens (tertiary/aromatic N) is 1. The first-order valence-electron chi connectivity index (χ1n) is 7.86. The average Bonchev–Trinajstić information content (AvgIpc) is 2.50. The molecule has 22 heavy (non-hydrogen) atoms. The van der Waals surface area contributed by atoms with E-state index in [1.807, 2.05) is 20.8 Å². The minimum absolute atomic E-state index is 0.0632. The van der Waals surface area contributed by atoms with Crippen LogP contribution < -0.4 is 4.74 Å². The normalized spacial score (nSPS) is 20.1. The van der Waals surface area contributed by atoms with Crippen molar-refractivity contribution in [1.29, 1.82) is 0 Å². The van der Waals surface area contributed by atoms with E-state index in [9.17, 15) is 8.42 Å². The first kappa shape index (κ1) is 17.6. The molecular weight excluding hydrogens is 322 g/mol. The number of halogens is 1. The molecule has 1 unspecified atom stereocenters. The third-order valence-electron chi connectivity index (χ3n) is 4.16. The molecule has 4 nitrogen and oxygen atoms in total. The van der Waals surface area contributed by atoms with Gasteiger partial charge >= 0.3 is 0 Å². The van der Waals surface area contributed by atoms with Crippen molar-refractivity contribution in [2.45, 2.75) is 57.4 Å². The molecule has 1 aliphatic heterocycles. The molecule has 1 aromatic carbocycles. The van der Waals surface area contributed by atoms with Crippen LogP contribution in [0.15, 0.2) is 17.0 Å². The molecule has 0 aliphatic carbocycles. The summed E-state index contributed by atoms with van der Waals surface area (Å²) < 4.78 is 33.4. The molecule has 1 aromatic rings. The summed E-state index contributed by atoms with van der Waals surface area (Å²) in [5.41, 5.74) is 0.815. The Morgan fingerprint density at radius 3 is 2.68 bits per heavy atom. The van der Waals surface area contributed by atoms with Crippen molar-refractivity contribution < 1.29 is 13.2 Å². The number of benzene rings is 1. The second-order valence-corrected chi connectivity index (χ2v) is 7.92. The van der Waals surface area contributed by atoms with Gasteiger partial charge in [-0.15, -0.1) is 0 Å². The SMILES string of the molecule is CCOc1cc(C)c(Cl)cc1S(=O)(=O)N1CCCCC1CC. The molecule has 0 amide bonds. The fourth-order valence-electron chi connectivity index (χ4n) is 2.93. The van der Waals surface area contributed by atoms with E-state index in [4.69, 9.17) is 16.3 Å². The maximum absolute atomic E-state index is 13.1. The minimum Gasteiger partial charge on any atom is -0.492 e. The molecule has 1 heterocycles. The quantitative estimate of drug-likeness (QED) is 0.810. The lowest BCUT2D eigenvalue weighted by Gasteiger charge is -2.34. The number of ether oxygens (including phenoxy) is 1. The summed E-state index contributed by atoms with van der Waals surface area (Å²) >= 11 is 6.16. The second kappa shape index (κ2) is 7.20. The summed E-state index contributed by atoms with van der Waals surface area (Å²) in [5, 5.41) is 0.451. The largest absolute Gasteiger partial charge is 0.492 e. The number of rotatable bonds is 5. The van der Waals surface area contributed by atoms with E-state index in [1.54, 1.807) is 10.4 Å². The number of hydrogen-bond acceptors (Lipinski definition) is 3. The molecule has 1 atom stereocenters. The van der Waals surface area contributed by atoms with Crippen molar-refractivity contribution in [1.82, 2.24) is 4.31 Å². The van der Waals surface area contributed by atoms with Crippen LogP contribution in [0.5, 0.6) is 5.75 Å². The van der Waals surface area contributed by atoms with E-state index in [0.29, 0.717) is 23.9 Å². The van der Waals surface area contributed by atoms with Crippen LogP contribution in [0.25, 0.3) is 0 Å². The standard InChI is InChI=1S/C16H24ClNO3S/c1-4-13-8-6-7-9-18(13)22(19,20)16-11-14(17)12(3)10-15(16)21-5-2/h10-11,13H,4-9H2,1-3H3. The Labute approximate surface area is 138 Å². The third kappa shape index (κ3) is 3.42. The summed E-state index contributed by atoms with van der Waals surface area (Å²) in [5.74, 6) is 0.393. The molecule has 1 fully saturated rings. The van der Waals surface area contributed by atoms with E-state index in [-0.39, 0.29) is 10.9 Å². The highest BCUT2D eigenvalue weighted by molar-refractivity contribution is 7.89. The van der Waals surface area contributed by atoms with Gasteiger partial charge in [-0.3, -0.25) is 0 Å². The van der Waals surface area contributed by atoms with Crippen LogP contribution >= 0.6 is 11.6 Å². The van der Waals surface area contributed by atoms with Gasteiger partial charge in [0, 0.05) is 17.6 Å². The van der Waals surface area contributed by atoms with Crippen LogP contribution in [0, 0.1) is 6.92 Å². The minimum atomic E-state index is -3.59. The maximum atomic E-state index is 13.1. The Hall–Kier alpha value is -0.780. The van der Waals surface area contributed by atoms with E-state index in [0.717, 1.165) is 31.2 Å². The van der Waals surface area contributed by atoms with Gasteiger partial charge in [0.15, 0.2) is 0 Å². The van der Waals surface area contributed by atoms with E-state index >= 15 is 0 Å². The molecular formula is C16H24ClNO3S. The molecule has 124 valence electrons. The Bertz CT molecular complexity index is 631. The molecule has 2 rings (SSSR count). The first-order valence-corrected chi connectivity index (χ1v) is 9.68. The van der Waals surface area contributed by atoms with Crippen LogP contribution in [0.3, 0.4) is 0 Å². The number of sulfonamides is 1. The zero-order valence-electron chi connectivity index (χ0n) is 13.4. The van der Waals surface area contributed by atoms with Crippen molar-refractivity contribution in [3.05, 3.63) is 22.7 Å². The van der Waals surface area contributed by atoms with Crippen molar-refractivity contribution >= 4 is 21.6 Å². The van der Waals surface area contributed by atoms with Crippen LogP contribution in [0.4, 0.5) is 0 Å². The summed E-state index contributed by atoms with van der Waals surface area (Å²) in [6, 6.07) is 3.30. The summed E-state index contributed by atoms with van der Waals surface area (Å²) in [6.07, 6.45) is 3.72. The average molecular weight is 346 g/mol. The first-order chi connectivity index (χ1) is 10.4. The monoisotopic (exact) mass is 345 g/mol. The fraction of sp³-hybridized carbons (Fsp3) is 0.625. The summed E-state index contributed by atoms with van der Waals surface area (Å²) in [4.78, 5) is 0.185. The van der Waals surface area contributed by atoms with Gasteiger partial charge in [0.05, 0.1) is 6.61 Å². The fourth-order valence-corrected chi connectivity index (χ4v) is 5.07. The molecule has 1 saturated heterocycles. The Morgan fingerprint density at radius 1 is 1.32 bits per heavy atom. The molecule has 6 heteroatoms. The lowest BCUT2D eigenvalue weighted by molar-refractivity contribution is 0.245. The highest BCUT2D eigenvalue weighted by atomic mass is 35.5. The van der Waals surface area contributed by atoms with Gasteiger partial charge in [-0.05, 0) is 50.8 Å². The summed E-state index contributed by atoms with van der Waals surface area (Å²) in [6.45, 7) is 6.70. The summed E-state index contributed by atoms with van der Waals surface area (Å²) in [7, 11) is -3.59. The second-order valence-electron chi connectivity index (χ2n) is 5.65. The van der Waals surface area contributed by atoms with Gasteiger partial charge in [0.1, 0.15) is 10.6 Å². The van der Waals surface area contributed by atoms with Crippen molar-refractivity contribution in [3.8, 4) is 5.75 Å². The van der Waals surface area contributed by atoms with Gasteiger partial charge in [-0.2, -0.15) is 4.31 Å². The van der Waals surface area contributed by atoms with Crippen LogP contribution in [0.2, 0.25) is 5.02 Å². The highest BCUT2D eigenvalue weighted by Crippen LogP contribution is 2.35. The van der Waals surface area contributed by atoms with E-state index in [2.05, 4.69) is 0 Å². The lowest BCUT2D eigenvalue weighted by atomic mass is 10.0. The van der Waals surface area contributed by atoms with Gasteiger partial charge < -0.3 is 4.74 Å². The molecule has 0 aromatic heterocycles. The number of piperidine rings is 1. The third-order valence-corrected chi connectivity index (χ3v) is 6.54. The maximum Gasteiger partial charge on any atom is 0.247 e. The van der Waals surface area contributed by atoms with Gasteiger partial charge in [0.2, 0.25) is 10.0 Å². The predicted molar refractivity (Wildman–Crippen MR) is 89.2 cm³/mol.